The largest absolute Gasteiger partial charge is 0.338 e. The molecule has 0 spiro atoms. The number of H-pyrrole nitrogens is 1. The van der Waals surface area contributed by atoms with E-state index < -0.39 is 0 Å². The Morgan fingerprint density at radius 2 is 2.20 bits per heavy atom. The molecule has 1 aromatic carbocycles. The molecule has 0 radical (unpaired) electrons. The molecule has 3 aromatic rings. The molecule has 0 saturated heterocycles. The minimum atomic E-state index is 0.117. The number of hydrogen-bond donors (Lipinski definition) is 1. The van der Waals surface area contributed by atoms with Crippen LogP contribution in [0.4, 0.5) is 0 Å². The van der Waals surface area contributed by atoms with Gasteiger partial charge in [0.05, 0.1) is 5.69 Å². The van der Waals surface area contributed by atoms with Gasteiger partial charge in [0.15, 0.2) is 0 Å². The molecule has 0 unspecified atom stereocenters. The van der Waals surface area contributed by atoms with Gasteiger partial charge in [0.1, 0.15) is 0 Å². The summed E-state index contributed by atoms with van der Waals surface area (Å²) in [5, 5.41) is 10.1. The fourth-order valence-electron chi connectivity index (χ4n) is 3.78. The van der Waals surface area contributed by atoms with Gasteiger partial charge in [-0.2, -0.15) is 5.10 Å². The molecule has 3 heterocycles. The molecule has 25 heavy (non-hydrogen) atoms. The topological polar surface area (TPSA) is 61.9 Å². The van der Waals surface area contributed by atoms with Gasteiger partial charge in [-0.3, -0.25) is 14.9 Å². The fraction of sp³-hybridized carbons (Fsp3) is 0.350. The molecule has 1 aliphatic carbocycles. The van der Waals surface area contributed by atoms with Crippen molar-refractivity contribution in [3.63, 3.8) is 0 Å². The first kappa shape index (κ1) is 14.6. The number of amides is 1. The normalized spacial score (nSPS) is 16.9. The molecule has 1 N–H and O–H groups in total. The van der Waals surface area contributed by atoms with Gasteiger partial charge in [-0.1, -0.05) is 18.2 Å². The van der Waals surface area contributed by atoms with Crippen LogP contribution in [0.2, 0.25) is 0 Å². The molecule has 5 rings (SSSR count). The SMILES string of the molecule is CC(=O)N1CCc2[nH]nc(-c3cccc4cc(C5CC5)ncc34)c2C1. The first-order chi connectivity index (χ1) is 12.2. The van der Waals surface area contributed by atoms with E-state index in [2.05, 4.69) is 34.5 Å². The van der Waals surface area contributed by atoms with Crippen LogP contribution in [0.25, 0.3) is 22.0 Å². The van der Waals surface area contributed by atoms with Gasteiger partial charge in [0.25, 0.3) is 0 Å². The lowest BCUT2D eigenvalue weighted by molar-refractivity contribution is -0.129. The van der Waals surface area contributed by atoms with Crippen molar-refractivity contribution >= 4 is 16.7 Å². The monoisotopic (exact) mass is 332 g/mol. The number of carbonyl (C=O) groups excluding carboxylic acids is 1. The van der Waals surface area contributed by atoms with Crippen molar-refractivity contribution in [3.8, 4) is 11.3 Å². The fourth-order valence-corrected chi connectivity index (χ4v) is 3.78. The predicted octanol–water partition coefficient (Wildman–Crippen LogP) is 3.41. The van der Waals surface area contributed by atoms with Crippen LogP contribution in [0, 0.1) is 0 Å². The molecule has 0 atom stereocenters. The van der Waals surface area contributed by atoms with Gasteiger partial charge >= 0.3 is 0 Å². The minimum Gasteiger partial charge on any atom is -0.338 e. The summed E-state index contributed by atoms with van der Waals surface area (Å²) in [7, 11) is 0. The Kier molecular flexibility index (Phi) is 3.17. The Bertz CT molecular complexity index is 987. The number of carbonyl (C=O) groups is 1. The number of fused-ring (bicyclic) bond motifs is 2. The number of pyridine rings is 1. The van der Waals surface area contributed by atoms with Crippen LogP contribution in [0.5, 0.6) is 0 Å². The third kappa shape index (κ3) is 2.42. The van der Waals surface area contributed by atoms with Gasteiger partial charge in [-0.25, -0.2) is 0 Å². The van der Waals surface area contributed by atoms with Crippen LogP contribution in [-0.4, -0.2) is 32.5 Å². The van der Waals surface area contributed by atoms with Crippen molar-refractivity contribution in [2.75, 3.05) is 6.54 Å². The van der Waals surface area contributed by atoms with E-state index in [4.69, 9.17) is 4.98 Å². The smallest absolute Gasteiger partial charge is 0.219 e. The Balaban J connectivity index is 1.62. The highest BCUT2D eigenvalue weighted by molar-refractivity contribution is 5.96. The second-order valence-electron chi connectivity index (χ2n) is 7.13. The maximum Gasteiger partial charge on any atom is 0.219 e. The Labute approximate surface area is 146 Å². The van der Waals surface area contributed by atoms with Crippen molar-refractivity contribution in [1.82, 2.24) is 20.1 Å². The van der Waals surface area contributed by atoms with Crippen LogP contribution in [-0.2, 0) is 17.8 Å². The minimum absolute atomic E-state index is 0.117. The van der Waals surface area contributed by atoms with Crippen molar-refractivity contribution in [3.05, 3.63) is 47.4 Å². The number of nitrogens with zero attached hydrogens (tertiary/aromatic N) is 3. The summed E-state index contributed by atoms with van der Waals surface area (Å²) in [5.74, 6) is 0.766. The highest BCUT2D eigenvalue weighted by Crippen LogP contribution is 2.40. The second-order valence-corrected chi connectivity index (χ2v) is 7.13. The summed E-state index contributed by atoms with van der Waals surface area (Å²) in [5.41, 5.74) is 5.53. The van der Waals surface area contributed by atoms with Gasteiger partial charge in [-0.15, -0.1) is 0 Å². The second kappa shape index (κ2) is 5.41. The maximum absolute atomic E-state index is 11.8. The zero-order valence-corrected chi connectivity index (χ0v) is 14.2. The van der Waals surface area contributed by atoms with E-state index in [-0.39, 0.29) is 5.91 Å². The molecule has 2 aromatic heterocycles. The van der Waals surface area contributed by atoms with Crippen LogP contribution in [0.15, 0.2) is 30.5 Å². The molecule has 1 aliphatic heterocycles. The highest BCUT2D eigenvalue weighted by atomic mass is 16.2. The molecule has 5 heteroatoms. The van der Waals surface area contributed by atoms with Crippen LogP contribution < -0.4 is 0 Å². The van der Waals surface area contributed by atoms with Gasteiger partial charge in [0.2, 0.25) is 5.91 Å². The Morgan fingerprint density at radius 3 is 3.00 bits per heavy atom. The van der Waals surface area contributed by atoms with E-state index in [1.807, 2.05) is 11.1 Å². The number of benzene rings is 1. The number of aromatic amines is 1. The molecule has 126 valence electrons. The summed E-state index contributed by atoms with van der Waals surface area (Å²) < 4.78 is 0. The first-order valence-electron chi connectivity index (χ1n) is 8.91. The summed E-state index contributed by atoms with van der Waals surface area (Å²) >= 11 is 0. The number of hydrogen-bond acceptors (Lipinski definition) is 3. The van der Waals surface area contributed by atoms with E-state index in [0.717, 1.165) is 40.9 Å². The van der Waals surface area contributed by atoms with Crippen molar-refractivity contribution in [2.24, 2.45) is 0 Å². The predicted molar refractivity (Wildman–Crippen MR) is 96.1 cm³/mol. The number of aromatic nitrogens is 3. The zero-order chi connectivity index (χ0) is 17.0. The summed E-state index contributed by atoms with van der Waals surface area (Å²) in [6.07, 6.45) is 5.33. The summed E-state index contributed by atoms with van der Waals surface area (Å²) in [6.45, 7) is 3.01. The van der Waals surface area contributed by atoms with Gasteiger partial charge in [-0.05, 0) is 24.3 Å². The third-order valence-corrected chi connectivity index (χ3v) is 5.42. The molecule has 1 fully saturated rings. The lowest BCUT2D eigenvalue weighted by atomic mass is 9.97. The van der Waals surface area contributed by atoms with Crippen LogP contribution >= 0.6 is 0 Å². The van der Waals surface area contributed by atoms with E-state index in [1.54, 1.807) is 6.92 Å². The van der Waals surface area contributed by atoms with Crippen molar-refractivity contribution in [2.45, 2.75) is 38.6 Å². The average molecular weight is 332 g/mol. The Morgan fingerprint density at radius 1 is 1.32 bits per heavy atom. The molecular formula is C20H20N4O. The number of nitrogens with one attached hydrogen (secondary N) is 1. The van der Waals surface area contributed by atoms with E-state index in [0.29, 0.717) is 12.5 Å². The summed E-state index contributed by atoms with van der Waals surface area (Å²) in [6, 6.07) is 8.55. The molecule has 1 saturated carbocycles. The molecule has 0 bridgehead atoms. The first-order valence-corrected chi connectivity index (χ1v) is 8.91. The average Bonchev–Trinajstić information content (AvgIpc) is 3.40. The van der Waals surface area contributed by atoms with Gasteiger partial charge in [0, 0.05) is 66.4 Å². The number of rotatable bonds is 2. The highest BCUT2D eigenvalue weighted by Gasteiger charge is 2.26. The van der Waals surface area contributed by atoms with Gasteiger partial charge < -0.3 is 4.90 Å². The molecular weight excluding hydrogens is 312 g/mol. The standard InChI is InChI=1S/C20H20N4O/c1-12(25)24-8-7-18-17(11-24)20(23-22-18)15-4-2-3-14-9-19(13-5-6-13)21-10-16(14)15/h2-4,9-10,13H,5-8,11H2,1H3,(H,22,23). The van der Waals surface area contributed by atoms with E-state index in [1.165, 1.54) is 23.9 Å². The Hall–Kier alpha value is -2.69. The van der Waals surface area contributed by atoms with Crippen LogP contribution in [0.1, 0.15) is 42.6 Å². The van der Waals surface area contributed by atoms with E-state index >= 15 is 0 Å². The molecule has 5 nitrogen and oxygen atoms in total. The van der Waals surface area contributed by atoms with Crippen molar-refractivity contribution in [1.29, 1.82) is 0 Å². The molecule has 1 amide bonds. The lowest BCUT2D eigenvalue weighted by Gasteiger charge is -2.26. The zero-order valence-electron chi connectivity index (χ0n) is 14.2. The quantitative estimate of drug-likeness (QED) is 0.782. The van der Waals surface area contributed by atoms with Crippen LogP contribution in [0.3, 0.4) is 0 Å². The van der Waals surface area contributed by atoms with Crippen molar-refractivity contribution < 1.29 is 4.79 Å². The maximum atomic E-state index is 11.8. The van der Waals surface area contributed by atoms with E-state index in [9.17, 15) is 4.79 Å². The molecule has 2 aliphatic rings. The lowest BCUT2D eigenvalue weighted by Crippen LogP contribution is -2.34. The third-order valence-electron chi connectivity index (χ3n) is 5.42. The summed E-state index contributed by atoms with van der Waals surface area (Å²) in [4.78, 5) is 18.4.